The zero-order valence-electron chi connectivity index (χ0n) is 14.4. The van der Waals surface area contributed by atoms with E-state index in [0.717, 1.165) is 22.9 Å². The molecule has 2 N–H and O–H groups in total. The van der Waals surface area contributed by atoms with Crippen molar-refractivity contribution in [1.29, 1.82) is 0 Å². The molecule has 26 heavy (non-hydrogen) atoms. The number of H-pyrrole nitrogens is 1. The Morgan fingerprint density at radius 3 is 2.69 bits per heavy atom. The molecular formula is C22H19NO3. The van der Waals surface area contributed by atoms with Crippen LogP contribution >= 0.6 is 0 Å². The minimum atomic E-state index is -0.978. The predicted molar refractivity (Wildman–Crippen MR) is 103 cm³/mol. The lowest BCUT2D eigenvalue weighted by Crippen LogP contribution is -2.22. The number of hydrogen-bond donors (Lipinski definition) is 2. The molecule has 0 saturated carbocycles. The third-order valence-electron chi connectivity index (χ3n) is 4.61. The van der Waals surface area contributed by atoms with Crippen molar-refractivity contribution >= 4 is 27.6 Å². The van der Waals surface area contributed by atoms with E-state index in [1.807, 2.05) is 36.5 Å². The van der Waals surface area contributed by atoms with Crippen LogP contribution < -0.4 is 4.74 Å². The Bertz CT molecular complexity index is 1100. The number of fused-ring (bicyclic) bond motifs is 2. The first-order valence-corrected chi connectivity index (χ1v) is 8.58. The fraction of sp³-hybridized carbons (Fsp3) is 0.136. The number of aromatic nitrogens is 1. The number of carboxylic acid groups (broad SMARTS) is 1. The van der Waals surface area contributed by atoms with Gasteiger partial charge < -0.3 is 14.8 Å². The van der Waals surface area contributed by atoms with Gasteiger partial charge in [0.25, 0.3) is 0 Å². The van der Waals surface area contributed by atoms with Gasteiger partial charge in [-0.15, -0.1) is 0 Å². The van der Waals surface area contributed by atoms with Crippen molar-refractivity contribution in [2.75, 3.05) is 0 Å². The first kappa shape index (κ1) is 16.2. The molecule has 0 fully saturated rings. The van der Waals surface area contributed by atoms with Crippen LogP contribution in [0.2, 0.25) is 0 Å². The van der Waals surface area contributed by atoms with Crippen molar-refractivity contribution in [2.24, 2.45) is 0 Å². The average molecular weight is 345 g/mol. The highest BCUT2D eigenvalue weighted by Gasteiger charge is 2.16. The number of ether oxygens (including phenoxy) is 1. The number of hydrogen-bond acceptors (Lipinski definition) is 2. The Hall–Kier alpha value is -3.27. The van der Waals surface area contributed by atoms with Crippen LogP contribution in [0, 0.1) is 0 Å². The number of nitrogens with one attached hydrogen (secondary N) is 1. The maximum Gasteiger partial charge on any atom is 0.344 e. The van der Waals surface area contributed by atoms with Gasteiger partial charge in [-0.05, 0) is 47.4 Å². The molecule has 0 aliphatic carbocycles. The molecule has 4 aromatic rings. The van der Waals surface area contributed by atoms with Gasteiger partial charge in [0.05, 0.1) is 0 Å². The molecule has 1 aromatic heterocycles. The van der Waals surface area contributed by atoms with E-state index in [9.17, 15) is 4.79 Å². The van der Waals surface area contributed by atoms with E-state index in [1.165, 1.54) is 23.3 Å². The first-order chi connectivity index (χ1) is 12.6. The maximum atomic E-state index is 11.1. The summed E-state index contributed by atoms with van der Waals surface area (Å²) in [5.41, 5.74) is 3.23. The van der Waals surface area contributed by atoms with Gasteiger partial charge in [-0.1, -0.05) is 48.5 Å². The molecule has 0 amide bonds. The molecule has 0 aliphatic heterocycles. The normalized spacial score (nSPS) is 12.3. The fourth-order valence-electron chi connectivity index (χ4n) is 3.27. The summed E-state index contributed by atoms with van der Waals surface area (Å²) in [4.78, 5) is 14.4. The molecule has 0 aliphatic rings. The van der Waals surface area contributed by atoms with Crippen LogP contribution in [0.5, 0.6) is 5.75 Å². The monoisotopic (exact) mass is 345 g/mol. The Balaban J connectivity index is 1.72. The van der Waals surface area contributed by atoms with Crippen molar-refractivity contribution in [3.63, 3.8) is 0 Å². The topological polar surface area (TPSA) is 62.3 Å². The Labute approximate surface area is 151 Å². The van der Waals surface area contributed by atoms with Gasteiger partial charge in [0.1, 0.15) is 5.75 Å². The van der Waals surface area contributed by atoms with Crippen molar-refractivity contribution < 1.29 is 14.6 Å². The van der Waals surface area contributed by atoms with Crippen LogP contribution in [0.25, 0.3) is 21.7 Å². The minimum Gasteiger partial charge on any atom is -0.479 e. The summed E-state index contributed by atoms with van der Waals surface area (Å²) >= 11 is 0. The molecule has 0 bridgehead atoms. The van der Waals surface area contributed by atoms with Gasteiger partial charge in [-0.3, -0.25) is 0 Å². The molecule has 0 saturated heterocycles. The molecule has 4 heteroatoms. The van der Waals surface area contributed by atoms with Crippen molar-refractivity contribution in [3.8, 4) is 5.75 Å². The van der Waals surface area contributed by atoms with Crippen LogP contribution in [-0.2, 0) is 11.2 Å². The van der Waals surface area contributed by atoms with Gasteiger partial charge in [-0.25, -0.2) is 4.79 Å². The van der Waals surface area contributed by atoms with Crippen LogP contribution in [0.15, 0.2) is 66.9 Å². The highest BCUT2D eigenvalue weighted by atomic mass is 16.5. The van der Waals surface area contributed by atoms with E-state index < -0.39 is 12.1 Å². The summed E-state index contributed by atoms with van der Waals surface area (Å²) in [6, 6.07) is 20.4. The number of rotatable bonds is 5. The van der Waals surface area contributed by atoms with E-state index in [-0.39, 0.29) is 0 Å². The lowest BCUT2D eigenvalue weighted by Gasteiger charge is -2.12. The van der Waals surface area contributed by atoms with Crippen molar-refractivity contribution in [1.82, 2.24) is 4.98 Å². The fourth-order valence-corrected chi connectivity index (χ4v) is 3.27. The van der Waals surface area contributed by atoms with Gasteiger partial charge in [0.2, 0.25) is 0 Å². The van der Waals surface area contributed by atoms with Gasteiger partial charge in [-0.2, -0.15) is 0 Å². The van der Waals surface area contributed by atoms with Crippen LogP contribution in [-0.4, -0.2) is 22.2 Å². The van der Waals surface area contributed by atoms with Gasteiger partial charge >= 0.3 is 5.97 Å². The summed E-state index contributed by atoms with van der Waals surface area (Å²) in [5, 5.41) is 12.5. The third-order valence-corrected chi connectivity index (χ3v) is 4.61. The van der Waals surface area contributed by atoms with Crippen LogP contribution in [0.1, 0.15) is 18.1 Å². The zero-order valence-corrected chi connectivity index (χ0v) is 14.4. The highest BCUT2D eigenvalue weighted by molar-refractivity contribution is 5.90. The second-order valence-electron chi connectivity index (χ2n) is 6.45. The van der Waals surface area contributed by atoms with Gasteiger partial charge in [0, 0.05) is 17.1 Å². The lowest BCUT2D eigenvalue weighted by molar-refractivity contribution is -0.144. The number of carboxylic acids is 1. The quantitative estimate of drug-likeness (QED) is 0.548. The number of benzene rings is 3. The zero-order chi connectivity index (χ0) is 18.1. The van der Waals surface area contributed by atoms with E-state index in [0.29, 0.717) is 5.75 Å². The standard InChI is InChI=1S/C22H19NO3/c1-14(22(24)25)26-20-8-4-7-19-21(20)18(13-23-19)12-15-9-10-16-5-2-3-6-17(16)11-15/h2-11,13-14,23H,12H2,1H3,(H,24,25). The molecule has 3 aromatic carbocycles. The summed E-state index contributed by atoms with van der Waals surface area (Å²) < 4.78 is 5.68. The molecule has 1 unspecified atom stereocenters. The van der Waals surface area contributed by atoms with E-state index >= 15 is 0 Å². The Morgan fingerprint density at radius 2 is 1.88 bits per heavy atom. The number of aromatic amines is 1. The Kier molecular flexibility index (Phi) is 4.09. The molecule has 0 spiro atoms. The molecular weight excluding hydrogens is 326 g/mol. The molecule has 1 heterocycles. The SMILES string of the molecule is CC(Oc1cccc2[nH]cc(Cc3ccc4ccccc4c3)c12)C(=O)O. The van der Waals surface area contributed by atoms with Crippen LogP contribution in [0.3, 0.4) is 0 Å². The smallest absolute Gasteiger partial charge is 0.344 e. The van der Waals surface area contributed by atoms with Crippen molar-refractivity contribution in [2.45, 2.75) is 19.4 Å². The molecule has 1 atom stereocenters. The predicted octanol–water partition coefficient (Wildman–Crippen LogP) is 4.76. The first-order valence-electron chi connectivity index (χ1n) is 8.58. The summed E-state index contributed by atoms with van der Waals surface area (Å²) in [7, 11) is 0. The Morgan fingerprint density at radius 1 is 1.08 bits per heavy atom. The van der Waals surface area contributed by atoms with Gasteiger partial charge in [0.15, 0.2) is 6.10 Å². The van der Waals surface area contributed by atoms with Crippen LogP contribution in [0.4, 0.5) is 0 Å². The average Bonchev–Trinajstić information content (AvgIpc) is 3.05. The van der Waals surface area contributed by atoms with E-state index in [4.69, 9.17) is 9.84 Å². The van der Waals surface area contributed by atoms with E-state index in [1.54, 1.807) is 0 Å². The lowest BCUT2D eigenvalue weighted by atomic mass is 10.0. The third kappa shape index (κ3) is 3.02. The summed E-state index contributed by atoms with van der Waals surface area (Å²) in [5.74, 6) is -0.386. The molecule has 4 nitrogen and oxygen atoms in total. The maximum absolute atomic E-state index is 11.1. The summed E-state index contributed by atoms with van der Waals surface area (Å²) in [6.07, 6.45) is 1.81. The minimum absolute atomic E-state index is 0.592. The molecule has 130 valence electrons. The number of aliphatic carboxylic acids is 1. The second kappa shape index (κ2) is 6.56. The summed E-state index contributed by atoms with van der Waals surface area (Å²) in [6.45, 7) is 1.54. The molecule has 4 rings (SSSR count). The highest BCUT2D eigenvalue weighted by Crippen LogP contribution is 2.31. The number of carbonyl (C=O) groups is 1. The van der Waals surface area contributed by atoms with Crippen molar-refractivity contribution in [3.05, 3.63) is 78.0 Å². The second-order valence-corrected chi connectivity index (χ2v) is 6.45. The van der Waals surface area contributed by atoms with E-state index in [2.05, 4.69) is 35.3 Å². The largest absolute Gasteiger partial charge is 0.479 e. The molecule has 0 radical (unpaired) electrons.